The van der Waals surface area contributed by atoms with Crippen molar-refractivity contribution in [1.82, 2.24) is 20.0 Å². The zero-order valence-electron chi connectivity index (χ0n) is 21.1. The highest BCUT2D eigenvalue weighted by Crippen LogP contribution is 2.41. The van der Waals surface area contributed by atoms with Gasteiger partial charge in [0.15, 0.2) is 11.5 Å². The first-order valence-corrected chi connectivity index (χ1v) is 12.5. The van der Waals surface area contributed by atoms with Crippen molar-refractivity contribution in [2.24, 2.45) is 0 Å². The maximum Gasteiger partial charge on any atom is 0.260 e. The number of carbonyl (C=O) groups excluding carboxylic acids is 1. The van der Waals surface area contributed by atoms with E-state index in [4.69, 9.17) is 9.47 Å². The monoisotopic (exact) mass is 545 g/mol. The number of aromatic nitrogens is 2. The molecule has 4 atom stereocenters. The van der Waals surface area contributed by atoms with Crippen LogP contribution in [-0.4, -0.2) is 66.4 Å². The number of nitrogens with zero attached hydrogens (tertiary/aromatic N) is 3. The van der Waals surface area contributed by atoms with Gasteiger partial charge >= 0.3 is 0 Å². The third-order valence-electron chi connectivity index (χ3n) is 7.70. The minimum Gasteiger partial charge on any atom is -0.493 e. The topological polar surface area (TPSA) is 80.7 Å². The number of benzene rings is 2. The van der Waals surface area contributed by atoms with Crippen molar-refractivity contribution >= 4 is 24.1 Å². The zero-order valence-corrected chi connectivity index (χ0v) is 21.9. The van der Waals surface area contributed by atoms with E-state index in [1.54, 1.807) is 38.5 Å². The van der Waals surface area contributed by atoms with E-state index in [1.807, 2.05) is 29.2 Å². The Labute approximate surface area is 225 Å². The predicted molar refractivity (Wildman–Crippen MR) is 142 cm³/mol. The molecule has 4 heterocycles. The second kappa shape index (κ2) is 10.4. The first-order valence-electron chi connectivity index (χ1n) is 12.5. The summed E-state index contributed by atoms with van der Waals surface area (Å²) in [4.78, 5) is 14.9. The number of piperazine rings is 1. The Balaban J connectivity index is 0.00000294. The lowest BCUT2D eigenvalue weighted by Gasteiger charge is -2.32. The molecular formula is C27H30ClF2N5O3. The van der Waals surface area contributed by atoms with Crippen molar-refractivity contribution in [2.45, 2.75) is 43.4 Å². The Hall–Kier alpha value is -3.37. The number of ether oxygens (including phenoxy) is 2. The molecule has 3 aliphatic heterocycles. The number of halogens is 3. The number of carbonyl (C=O) groups is 1. The molecule has 6 rings (SSSR count). The Morgan fingerprint density at radius 3 is 2.45 bits per heavy atom. The van der Waals surface area contributed by atoms with E-state index in [9.17, 15) is 13.6 Å². The fraction of sp³-hybridized carbons (Fsp3) is 0.407. The summed E-state index contributed by atoms with van der Waals surface area (Å²) in [5.41, 5.74) is 2.79. The molecule has 8 nitrogen and oxygen atoms in total. The molecule has 0 aliphatic carbocycles. The summed E-state index contributed by atoms with van der Waals surface area (Å²) in [7, 11) is 3.10. The van der Waals surface area contributed by atoms with Crippen LogP contribution < -0.4 is 20.1 Å². The van der Waals surface area contributed by atoms with E-state index in [2.05, 4.69) is 15.7 Å². The van der Waals surface area contributed by atoms with Crippen LogP contribution in [0.25, 0.3) is 11.3 Å². The van der Waals surface area contributed by atoms with Crippen LogP contribution in [0.3, 0.4) is 0 Å². The molecule has 202 valence electrons. The summed E-state index contributed by atoms with van der Waals surface area (Å²) < 4.78 is 40.4. The SMILES string of the molecule is COc1ccc(C2CC(C(F)F)n3nc(-c4ccc(C(=O)N5C[C@@H]6C[C@H]5CN6)cc4)cc3N2)cc1OC.Cl. The molecule has 0 radical (unpaired) electrons. The Morgan fingerprint density at radius 1 is 1.05 bits per heavy atom. The van der Waals surface area contributed by atoms with E-state index < -0.39 is 12.5 Å². The molecular weight excluding hydrogens is 516 g/mol. The van der Waals surface area contributed by atoms with Crippen molar-refractivity contribution in [3.8, 4) is 22.8 Å². The molecule has 0 spiro atoms. The number of anilines is 1. The zero-order chi connectivity index (χ0) is 25.7. The van der Waals surface area contributed by atoms with Crippen molar-refractivity contribution in [3.63, 3.8) is 0 Å². The lowest BCUT2D eigenvalue weighted by molar-refractivity contribution is 0.0659. The van der Waals surface area contributed by atoms with Gasteiger partial charge in [-0.2, -0.15) is 5.10 Å². The minimum absolute atomic E-state index is 0. The number of amides is 1. The smallest absolute Gasteiger partial charge is 0.260 e. The number of hydrogen-bond donors (Lipinski definition) is 2. The highest BCUT2D eigenvalue weighted by atomic mass is 35.5. The van der Waals surface area contributed by atoms with E-state index in [0.717, 1.165) is 30.6 Å². The highest BCUT2D eigenvalue weighted by Gasteiger charge is 2.40. The number of likely N-dealkylation sites (tertiary alicyclic amines) is 1. The van der Waals surface area contributed by atoms with Gasteiger partial charge in [-0.3, -0.25) is 4.79 Å². The van der Waals surface area contributed by atoms with Crippen LogP contribution in [0.5, 0.6) is 11.5 Å². The Bertz CT molecular complexity index is 1320. The van der Waals surface area contributed by atoms with Gasteiger partial charge in [0.05, 0.1) is 26.0 Å². The summed E-state index contributed by atoms with van der Waals surface area (Å²) in [5, 5.41) is 11.3. The molecule has 2 bridgehead atoms. The molecule has 2 saturated heterocycles. The van der Waals surface area contributed by atoms with Crippen LogP contribution in [0, 0.1) is 0 Å². The fourth-order valence-corrected chi connectivity index (χ4v) is 5.73. The first kappa shape index (κ1) is 26.2. The molecule has 2 N–H and O–H groups in total. The van der Waals surface area contributed by atoms with Gasteiger partial charge in [-0.1, -0.05) is 18.2 Å². The highest BCUT2D eigenvalue weighted by molar-refractivity contribution is 5.95. The maximum atomic E-state index is 14.1. The summed E-state index contributed by atoms with van der Waals surface area (Å²) in [6.45, 7) is 1.58. The summed E-state index contributed by atoms with van der Waals surface area (Å²) in [5.74, 6) is 1.67. The molecule has 1 aromatic heterocycles. The number of hydrogen-bond acceptors (Lipinski definition) is 6. The third kappa shape index (κ3) is 4.56. The largest absolute Gasteiger partial charge is 0.493 e. The van der Waals surface area contributed by atoms with E-state index in [0.29, 0.717) is 34.6 Å². The summed E-state index contributed by atoms with van der Waals surface area (Å²) in [6, 6.07) is 13.7. The summed E-state index contributed by atoms with van der Waals surface area (Å²) in [6.07, 6.45) is -1.41. The molecule has 3 aromatic rings. The number of fused-ring (bicyclic) bond motifs is 3. The van der Waals surface area contributed by atoms with Crippen molar-refractivity contribution in [2.75, 3.05) is 32.6 Å². The second-order valence-corrected chi connectivity index (χ2v) is 9.84. The van der Waals surface area contributed by atoms with Crippen LogP contribution in [0.15, 0.2) is 48.5 Å². The van der Waals surface area contributed by atoms with Crippen LogP contribution >= 0.6 is 12.4 Å². The predicted octanol–water partition coefficient (Wildman–Crippen LogP) is 4.54. The Morgan fingerprint density at radius 2 is 1.82 bits per heavy atom. The number of alkyl halides is 2. The average Bonchev–Trinajstić information content (AvgIpc) is 3.67. The average molecular weight is 546 g/mol. The third-order valence-corrected chi connectivity index (χ3v) is 7.70. The molecule has 1 amide bonds. The van der Waals surface area contributed by atoms with Crippen molar-refractivity contribution < 1.29 is 23.0 Å². The molecule has 3 aliphatic rings. The maximum absolute atomic E-state index is 14.1. The van der Waals surface area contributed by atoms with Crippen molar-refractivity contribution in [1.29, 1.82) is 0 Å². The molecule has 2 aromatic carbocycles. The van der Waals surface area contributed by atoms with Crippen LogP contribution in [0.2, 0.25) is 0 Å². The molecule has 2 fully saturated rings. The van der Waals surface area contributed by atoms with Gasteiger partial charge in [-0.25, -0.2) is 13.5 Å². The molecule has 38 heavy (non-hydrogen) atoms. The molecule has 0 saturated carbocycles. The van der Waals surface area contributed by atoms with Gasteiger partial charge in [-0.05, 0) is 42.7 Å². The van der Waals surface area contributed by atoms with E-state index in [1.165, 1.54) is 4.68 Å². The lowest BCUT2D eigenvalue weighted by atomic mass is 9.97. The van der Waals surface area contributed by atoms with Gasteiger partial charge in [0.25, 0.3) is 12.3 Å². The van der Waals surface area contributed by atoms with Gasteiger partial charge in [0.2, 0.25) is 0 Å². The standard InChI is InChI=1S/C27H29F2N5O3.ClH/c1-36-23-8-7-17(9-24(23)37-2)20-11-22(26(28)29)34-25(31-20)12-21(32-34)15-3-5-16(6-4-15)27(35)33-14-18-10-19(33)13-30-18;/h3-9,12,18-20,22,26,30-31H,10-11,13-14H2,1-2H3;1H/t18-,19-,20?,22?;/m0./s1. The Kier molecular flexibility index (Phi) is 7.19. The van der Waals surface area contributed by atoms with Gasteiger partial charge in [0, 0.05) is 42.4 Å². The van der Waals surface area contributed by atoms with E-state index in [-0.39, 0.29) is 36.8 Å². The van der Waals surface area contributed by atoms with Crippen LogP contribution in [0.1, 0.15) is 40.8 Å². The number of rotatable bonds is 6. The number of methoxy groups -OCH3 is 2. The van der Waals surface area contributed by atoms with Crippen LogP contribution in [-0.2, 0) is 0 Å². The van der Waals surface area contributed by atoms with Gasteiger partial charge < -0.3 is 25.0 Å². The van der Waals surface area contributed by atoms with E-state index >= 15 is 0 Å². The lowest BCUT2D eigenvalue weighted by Crippen LogP contribution is -2.46. The normalized spacial score (nSPS) is 23.6. The minimum atomic E-state index is -2.58. The first-order chi connectivity index (χ1) is 17.9. The van der Waals surface area contributed by atoms with Crippen molar-refractivity contribution in [3.05, 3.63) is 59.7 Å². The quantitative estimate of drug-likeness (QED) is 0.473. The van der Waals surface area contributed by atoms with Gasteiger partial charge in [0.1, 0.15) is 11.9 Å². The van der Waals surface area contributed by atoms with Gasteiger partial charge in [-0.15, -0.1) is 12.4 Å². The second-order valence-electron chi connectivity index (χ2n) is 9.84. The number of nitrogens with one attached hydrogen (secondary N) is 2. The fourth-order valence-electron chi connectivity index (χ4n) is 5.73. The molecule has 2 unspecified atom stereocenters. The summed E-state index contributed by atoms with van der Waals surface area (Å²) >= 11 is 0. The van der Waals surface area contributed by atoms with Crippen LogP contribution in [0.4, 0.5) is 14.6 Å². The molecule has 11 heteroatoms.